The van der Waals surface area contributed by atoms with Crippen LogP contribution in [-0.2, 0) is 12.8 Å². The fourth-order valence-corrected chi connectivity index (χ4v) is 5.16. The molecule has 1 atom stereocenters. The Kier molecular flexibility index (Phi) is 6.61. The smallest absolute Gasteiger partial charge is 0.412 e. The Morgan fingerprint density at radius 2 is 1.65 bits per heavy atom. The molecule has 7 heteroatoms. The summed E-state index contributed by atoms with van der Waals surface area (Å²) < 4.78 is 17.2. The van der Waals surface area contributed by atoms with Gasteiger partial charge >= 0.3 is 6.09 Å². The Labute approximate surface area is 216 Å². The number of aryl methyl sites for hydroxylation is 1. The number of amides is 1. The number of rotatable bonds is 6. The molecule has 0 saturated carbocycles. The molecule has 3 aromatic carbocycles. The van der Waals surface area contributed by atoms with E-state index in [-0.39, 0.29) is 6.04 Å². The van der Waals surface area contributed by atoms with Crippen LogP contribution in [0.25, 0.3) is 10.9 Å². The fraction of sp³-hybridized carbons (Fsp3) is 0.267. The van der Waals surface area contributed by atoms with Gasteiger partial charge in [-0.2, -0.15) is 0 Å². The number of aromatic nitrogens is 1. The van der Waals surface area contributed by atoms with Crippen molar-refractivity contribution in [2.45, 2.75) is 39.2 Å². The van der Waals surface area contributed by atoms with E-state index in [1.54, 1.807) is 26.5 Å². The maximum absolute atomic E-state index is 12.5. The third-order valence-corrected chi connectivity index (χ3v) is 7.29. The van der Waals surface area contributed by atoms with Crippen LogP contribution in [-0.4, -0.2) is 36.4 Å². The fourth-order valence-electron chi connectivity index (χ4n) is 5.16. The van der Waals surface area contributed by atoms with Crippen LogP contribution < -0.4 is 19.1 Å². The quantitative estimate of drug-likeness (QED) is 0.318. The summed E-state index contributed by atoms with van der Waals surface area (Å²) in [7, 11) is 3.18. The van der Waals surface area contributed by atoms with Crippen molar-refractivity contribution in [2.24, 2.45) is 0 Å². The predicted molar refractivity (Wildman–Crippen MR) is 144 cm³/mol. The van der Waals surface area contributed by atoms with Crippen LogP contribution in [0.3, 0.4) is 0 Å². The summed E-state index contributed by atoms with van der Waals surface area (Å²) in [5.41, 5.74) is 5.68. The van der Waals surface area contributed by atoms with Gasteiger partial charge in [-0.1, -0.05) is 24.3 Å². The van der Waals surface area contributed by atoms with Crippen molar-refractivity contribution in [1.29, 1.82) is 0 Å². The Hall–Kier alpha value is -4.26. The molecule has 1 aliphatic rings. The van der Waals surface area contributed by atoms with E-state index >= 15 is 0 Å². The number of methoxy groups -OCH3 is 2. The summed E-state index contributed by atoms with van der Waals surface area (Å²) in [6.45, 7) is 3.90. The van der Waals surface area contributed by atoms with Gasteiger partial charge in [0.2, 0.25) is 0 Å². The normalized spacial score (nSPS) is 14.6. The highest BCUT2D eigenvalue weighted by Crippen LogP contribution is 2.40. The lowest BCUT2D eigenvalue weighted by Gasteiger charge is -2.34. The number of benzene rings is 3. The number of carbonyl (C=O) groups is 1. The van der Waals surface area contributed by atoms with Gasteiger partial charge in [-0.25, -0.2) is 4.79 Å². The number of hydrogen-bond donors (Lipinski definition) is 1. The van der Waals surface area contributed by atoms with Crippen LogP contribution in [0.5, 0.6) is 23.0 Å². The molecule has 0 spiro atoms. The SMILES string of the molecule is COc1cc2nccc(Oc3ccc(N(C(=O)O)C4CCc5ccccc5C4)c(C)c3C)c2cc1OC. The molecule has 7 nitrogen and oxygen atoms in total. The van der Waals surface area contributed by atoms with Gasteiger partial charge in [-0.05, 0) is 79.6 Å². The first-order valence-electron chi connectivity index (χ1n) is 12.3. The van der Waals surface area contributed by atoms with Crippen LogP contribution in [0.2, 0.25) is 0 Å². The van der Waals surface area contributed by atoms with Crippen LogP contribution in [0.15, 0.2) is 60.8 Å². The van der Waals surface area contributed by atoms with E-state index in [0.717, 1.165) is 34.9 Å². The minimum atomic E-state index is -0.943. The van der Waals surface area contributed by atoms with Crippen molar-refractivity contribution in [3.8, 4) is 23.0 Å². The Morgan fingerprint density at radius 1 is 0.919 bits per heavy atom. The number of carboxylic acid groups (broad SMARTS) is 1. The van der Waals surface area contributed by atoms with Crippen LogP contribution in [0.1, 0.15) is 28.7 Å². The molecule has 4 aromatic rings. The standard InChI is InChI=1S/C30H30N2O5/c1-18-19(2)26(37-27-13-14-31-24-17-29(36-4)28(35-3)16-23(24)27)12-11-25(18)32(30(33)34)22-10-9-20-7-5-6-8-21(20)15-22/h5-8,11-14,16-17,22H,9-10,15H2,1-4H3,(H,33,34). The van der Waals surface area contributed by atoms with Crippen LogP contribution >= 0.6 is 0 Å². The second-order valence-electron chi connectivity index (χ2n) is 9.29. The third kappa shape index (κ3) is 4.53. The van der Waals surface area contributed by atoms with Gasteiger partial charge in [0.15, 0.2) is 11.5 Å². The first-order valence-corrected chi connectivity index (χ1v) is 12.3. The van der Waals surface area contributed by atoms with Crippen molar-refractivity contribution in [3.63, 3.8) is 0 Å². The molecule has 1 N–H and O–H groups in total. The van der Waals surface area contributed by atoms with E-state index in [1.165, 1.54) is 16.0 Å². The molecule has 5 rings (SSSR count). The van der Waals surface area contributed by atoms with Crippen molar-refractivity contribution < 1.29 is 24.1 Å². The monoisotopic (exact) mass is 498 g/mol. The minimum Gasteiger partial charge on any atom is -0.493 e. The predicted octanol–water partition coefficient (Wildman–Crippen LogP) is 6.70. The van der Waals surface area contributed by atoms with Gasteiger partial charge in [-0.15, -0.1) is 0 Å². The van der Waals surface area contributed by atoms with Crippen LogP contribution in [0.4, 0.5) is 10.5 Å². The van der Waals surface area contributed by atoms with Crippen molar-refractivity contribution in [2.75, 3.05) is 19.1 Å². The highest BCUT2D eigenvalue weighted by atomic mass is 16.5. The van der Waals surface area contributed by atoms with Gasteiger partial charge in [0, 0.05) is 23.7 Å². The van der Waals surface area contributed by atoms with Gasteiger partial charge in [0.25, 0.3) is 0 Å². The lowest BCUT2D eigenvalue weighted by atomic mass is 9.87. The largest absolute Gasteiger partial charge is 0.493 e. The van der Waals surface area contributed by atoms with Crippen molar-refractivity contribution >= 4 is 22.7 Å². The Bertz CT molecular complexity index is 1480. The van der Waals surface area contributed by atoms with Crippen molar-refractivity contribution in [3.05, 3.63) is 83.0 Å². The summed E-state index contributed by atoms with van der Waals surface area (Å²) in [5.74, 6) is 2.46. The molecule has 0 saturated heterocycles. The molecular weight excluding hydrogens is 468 g/mol. The van der Waals surface area contributed by atoms with Crippen molar-refractivity contribution in [1.82, 2.24) is 4.98 Å². The molecule has 1 unspecified atom stereocenters. The molecular formula is C30H30N2O5. The molecule has 0 radical (unpaired) electrons. The Balaban J connectivity index is 1.48. The van der Waals surface area contributed by atoms with E-state index in [0.29, 0.717) is 35.1 Å². The zero-order chi connectivity index (χ0) is 26.1. The molecule has 37 heavy (non-hydrogen) atoms. The van der Waals surface area contributed by atoms with Gasteiger partial charge in [-0.3, -0.25) is 9.88 Å². The molecule has 190 valence electrons. The van der Waals surface area contributed by atoms with Crippen LogP contribution in [0, 0.1) is 13.8 Å². The molecule has 0 bridgehead atoms. The van der Waals surface area contributed by atoms with Gasteiger partial charge in [0.05, 0.1) is 25.4 Å². The van der Waals surface area contributed by atoms with E-state index in [9.17, 15) is 9.90 Å². The third-order valence-electron chi connectivity index (χ3n) is 7.29. The minimum absolute atomic E-state index is 0.121. The number of fused-ring (bicyclic) bond motifs is 2. The number of ether oxygens (including phenoxy) is 3. The van der Waals surface area contributed by atoms with Gasteiger partial charge < -0.3 is 19.3 Å². The summed E-state index contributed by atoms with van der Waals surface area (Å²) in [5, 5.41) is 11.0. The highest BCUT2D eigenvalue weighted by Gasteiger charge is 2.30. The zero-order valence-electron chi connectivity index (χ0n) is 21.4. The average molecular weight is 499 g/mol. The number of hydrogen-bond acceptors (Lipinski definition) is 5. The maximum atomic E-state index is 12.5. The van der Waals surface area contributed by atoms with Gasteiger partial charge in [0.1, 0.15) is 11.5 Å². The first-order chi connectivity index (χ1) is 17.9. The Morgan fingerprint density at radius 3 is 2.38 bits per heavy atom. The lowest BCUT2D eigenvalue weighted by Crippen LogP contribution is -2.43. The number of pyridine rings is 1. The second kappa shape index (κ2) is 10.0. The molecule has 1 heterocycles. The highest BCUT2D eigenvalue weighted by molar-refractivity contribution is 5.90. The second-order valence-corrected chi connectivity index (χ2v) is 9.29. The first kappa shape index (κ1) is 24.4. The van der Waals surface area contributed by atoms with E-state index in [4.69, 9.17) is 14.2 Å². The molecule has 0 fully saturated rings. The van der Waals surface area contributed by atoms with E-state index < -0.39 is 6.09 Å². The summed E-state index contributed by atoms with van der Waals surface area (Å²) >= 11 is 0. The summed E-state index contributed by atoms with van der Waals surface area (Å²) in [4.78, 5) is 18.4. The molecule has 0 aliphatic heterocycles. The van der Waals surface area contributed by atoms with E-state index in [2.05, 4.69) is 17.1 Å². The topological polar surface area (TPSA) is 81.1 Å². The summed E-state index contributed by atoms with van der Waals surface area (Å²) in [6.07, 6.45) is 3.10. The lowest BCUT2D eigenvalue weighted by molar-refractivity contribution is 0.198. The molecule has 1 amide bonds. The van der Waals surface area contributed by atoms with E-state index in [1.807, 2.05) is 50.2 Å². The number of nitrogens with zero attached hydrogens (tertiary/aromatic N) is 2. The number of anilines is 1. The molecule has 1 aromatic heterocycles. The maximum Gasteiger partial charge on any atom is 0.412 e. The summed E-state index contributed by atoms with van der Waals surface area (Å²) in [6, 6.07) is 17.3. The average Bonchev–Trinajstić information content (AvgIpc) is 2.91. The zero-order valence-corrected chi connectivity index (χ0v) is 21.4. The molecule has 1 aliphatic carbocycles.